The summed E-state index contributed by atoms with van der Waals surface area (Å²) in [5, 5.41) is 7.44. The van der Waals surface area contributed by atoms with Gasteiger partial charge in [0, 0.05) is 51.8 Å². The molecule has 9 rings (SSSR count). The Kier molecular flexibility index (Phi) is 8.66. The van der Waals surface area contributed by atoms with Crippen LogP contribution in [0.25, 0.3) is 28.1 Å². The van der Waals surface area contributed by atoms with E-state index in [1.807, 2.05) is 63.8 Å². The van der Waals surface area contributed by atoms with Gasteiger partial charge in [0.2, 0.25) is 11.8 Å². The van der Waals surface area contributed by atoms with Gasteiger partial charge in [-0.05, 0) is 73.4 Å². The number of halogens is 1. The third kappa shape index (κ3) is 6.54. The fourth-order valence-electron chi connectivity index (χ4n) is 7.83. The number of nitrogens with zero attached hydrogens (tertiary/aromatic N) is 9. The smallest absolute Gasteiger partial charge is 0.249 e. The van der Waals surface area contributed by atoms with Crippen molar-refractivity contribution in [2.45, 2.75) is 37.8 Å². The normalized spacial score (nSPS) is 19.7. The number of hydrogen-bond donors (Lipinski definition) is 1. The number of carbonyl (C=O) groups is 2. The van der Waals surface area contributed by atoms with Crippen molar-refractivity contribution >= 4 is 40.1 Å². The first kappa shape index (κ1) is 33.0. The Labute approximate surface area is 305 Å². The third-order valence-electron chi connectivity index (χ3n) is 10.6. The highest BCUT2D eigenvalue weighted by molar-refractivity contribution is 6.00. The van der Waals surface area contributed by atoms with Crippen molar-refractivity contribution in [1.82, 2.24) is 39.3 Å². The maximum absolute atomic E-state index is 14.1. The van der Waals surface area contributed by atoms with Gasteiger partial charge in [0.15, 0.2) is 5.65 Å². The zero-order valence-electron chi connectivity index (χ0n) is 29.1. The number of aromatic nitrogens is 6. The molecule has 3 aliphatic heterocycles. The zero-order valence-corrected chi connectivity index (χ0v) is 29.1. The Morgan fingerprint density at radius 3 is 2.62 bits per heavy atom. The zero-order chi connectivity index (χ0) is 35.9. The number of hydrogen-bond acceptors (Lipinski definition) is 10. The summed E-state index contributed by atoms with van der Waals surface area (Å²) in [5.74, 6) is 1.73. The van der Waals surface area contributed by atoms with E-state index < -0.39 is 6.04 Å². The first-order chi connectivity index (χ1) is 26.0. The number of imidazole rings is 2. The molecule has 7 heterocycles. The van der Waals surface area contributed by atoms with Crippen molar-refractivity contribution in [3.05, 3.63) is 96.7 Å². The molecular weight excluding hydrogens is 675 g/mol. The van der Waals surface area contributed by atoms with E-state index in [-0.39, 0.29) is 23.7 Å². The number of imide groups is 1. The predicted octanol–water partition coefficient (Wildman–Crippen LogP) is 4.80. The van der Waals surface area contributed by atoms with Crippen LogP contribution in [0.3, 0.4) is 0 Å². The fraction of sp³-hybridized carbons (Fsp3) is 0.333. The number of ether oxygens (including phenoxy) is 1. The SMILES string of the molecule is O=C1CCC(n2cnc3cc(OCCN4CCN(c5cccc(-c6cnc7ccc(N8CCC[C@@H]8c8cccc(F)c8)nn67)n5)CC4)ccc32)C(=O)N1. The largest absolute Gasteiger partial charge is 0.492 e. The lowest BCUT2D eigenvalue weighted by molar-refractivity contribution is -0.135. The van der Waals surface area contributed by atoms with Crippen LogP contribution in [0.5, 0.6) is 5.75 Å². The molecule has 0 radical (unpaired) electrons. The molecule has 2 amide bonds. The molecule has 1 unspecified atom stereocenters. The predicted molar refractivity (Wildman–Crippen MR) is 197 cm³/mol. The van der Waals surface area contributed by atoms with Gasteiger partial charge in [0.25, 0.3) is 0 Å². The summed E-state index contributed by atoms with van der Waals surface area (Å²) in [7, 11) is 0. The number of carbonyl (C=O) groups excluding carboxylic acids is 2. The molecule has 2 atom stereocenters. The van der Waals surface area contributed by atoms with E-state index in [4.69, 9.17) is 14.8 Å². The van der Waals surface area contributed by atoms with E-state index in [2.05, 4.69) is 36.1 Å². The maximum atomic E-state index is 14.1. The van der Waals surface area contributed by atoms with Gasteiger partial charge in [-0.25, -0.2) is 23.9 Å². The molecule has 6 aromatic rings. The number of pyridine rings is 1. The second kappa shape index (κ2) is 13.9. The number of fused-ring (bicyclic) bond motifs is 2. The van der Waals surface area contributed by atoms with Crippen molar-refractivity contribution in [3.63, 3.8) is 0 Å². The van der Waals surface area contributed by atoms with Crippen LogP contribution in [0.15, 0.2) is 85.3 Å². The average Bonchev–Trinajstić information content (AvgIpc) is 3.94. The third-order valence-corrected chi connectivity index (χ3v) is 10.6. The molecule has 0 bridgehead atoms. The van der Waals surface area contributed by atoms with Crippen LogP contribution < -0.4 is 19.9 Å². The lowest BCUT2D eigenvalue weighted by Gasteiger charge is -2.35. The van der Waals surface area contributed by atoms with E-state index >= 15 is 0 Å². The molecule has 0 aliphatic carbocycles. The molecule has 3 fully saturated rings. The van der Waals surface area contributed by atoms with Gasteiger partial charge in [-0.3, -0.25) is 19.8 Å². The second-order valence-electron chi connectivity index (χ2n) is 13.8. The molecule has 53 heavy (non-hydrogen) atoms. The molecule has 2 aromatic carbocycles. The number of nitrogens with one attached hydrogen (secondary N) is 1. The maximum Gasteiger partial charge on any atom is 0.249 e. The number of anilines is 2. The van der Waals surface area contributed by atoms with Crippen LogP contribution in [-0.2, 0) is 9.59 Å². The number of amides is 2. The summed E-state index contributed by atoms with van der Waals surface area (Å²) >= 11 is 0. The van der Waals surface area contributed by atoms with Crippen molar-refractivity contribution in [1.29, 1.82) is 0 Å². The molecular formula is C39H39FN10O3. The number of piperidine rings is 1. The summed E-state index contributed by atoms with van der Waals surface area (Å²) in [5.41, 5.74) is 4.92. The highest BCUT2D eigenvalue weighted by Crippen LogP contribution is 2.36. The Morgan fingerprint density at radius 2 is 1.75 bits per heavy atom. The van der Waals surface area contributed by atoms with E-state index in [1.165, 1.54) is 6.07 Å². The molecule has 14 heteroatoms. The van der Waals surface area contributed by atoms with Gasteiger partial charge in [0.05, 0.1) is 35.3 Å². The van der Waals surface area contributed by atoms with E-state index in [0.717, 1.165) is 103 Å². The van der Waals surface area contributed by atoms with Crippen LogP contribution in [0.2, 0.25) is 0 Å². The molecule has 3 aliphatic rings. The Balaban J connectivity index is 0.819. The number of benzene rings is 2. The lowest BCUT2D eigenvalue weighted by Crippen LogP contribution is -2.47. The van der Waals surface area contributed by atoms with Crippen molar-refractivity contribution in [2.24, 2.45) is 0 Å². The van der Waals surface area contributed by atoms with Crippen LogP contribution in [-0.4, -0.2) is 91.7 Å². The molecule has 0 saturated carbocycles. The minimum Gasteiger partial charge on any atom is -0.492 e. The standard InChI is InChI=1S/C39H39FN10O3/c40-27-5-1-4-26(22-27)31-7-3-15-48(31)37-13-12-35-41-24-34(50(35)45-37)29-6-2-8-36(43-29)47-18-16-46(17-19-47)20-21-53-28-9-10-32-30(23-28)42-25-49(32)33-11-14-38(51)44-39(33)52/h1-2,4-6,8-10,12-13,22-25,31,33H,3,7,11,14-21H2,(H,44,51,52)/t31-,33?/m1/s1. The highest BCUT2D eigenvalue weighted by Gasteiger charge is 2.30. The van der Waals surface area contributed by atoms with Crippen LogP contribution in [0, 0.1) is 5.82 Å². The highest BCUT2D eigenvalue weighted by atomic mass is 19.1. The summed E-state index contributed by atoms with van der Waals surface area (Å²) < 4.78 is 23.9. The average molecular weight is 715 g/mol. The quantitative estimate of drug-likeness (QED) is 0.209. The fourth-order valence-corrected chi connectivity index (χ4v) is 7.83. The number of piperazine rings is 1. The summed E-state index contributed by atoms with van der Waals surface area (Å²) in [6.07, 6.45) is 6.22. The van der Waals surface area contributed by atoms with Gasteiger partial charge < -0.3 is 19.1 Å². The Hall–Kier alpha value is -5.89. The van der Waals surface area contributed by atoms with Crippen molar-refractivity contribution in [3.8, 4) is 17.1 Å². The number of rotatable bonds is 9. The minimum absolute atomic E-state index is 0.0722. The Morgan fingerprint density at radius 1 is 0.868 bits per heavy atom. The topological polar surface area (TPSA) is 126 Å². The summed E-state index contributed by atoms with van der Waals surface area (Å²) in [4.78, 5) is 45.1. The van der Waals surface area contributed by atoms with Gasteiger partial charge >= 0.3 is 0 Å². The van der Waals surface area contributed by atoms with E-state index in [9.17, 15) is 14.0 Å². The van der Waals surface area contributed by atoms with Crippen LogP contribution >= 0.6 is 0 Å². The summed E-state index contributed by atoms with van der Waals surface area (Å²) in [6, 6.07) is 22.3. The van der Waals surface area contributed by atoms with Crippen molar-refractivity contribution < 1.29 is 18.7 Å². The van der Waals surface area contributed by atoms with Crippen molar-refractivity contribution in [2.75, 3.05) is 55.7 Å². The monoisotopic (exact) mass is 714 g/mol. The summed E-state index contributed by atoms with van der Waals surface area (Å²) in [6.45, 7) is 5.62. The first-order valence-corrected chi connectivity index (χ1v) is 18.2. The first-order valence-electron chi connectivity index (χ1n) is 18.2. The second-order valence-corrected chi connectivity index (χ2v) is 13.8. The van der Waals surface area contributed by atoms with Crippen LogP contribution in [0.1, 0.15) is 43.3 Å². The van der Waals surface area contributed by atoms with Gasteiger partial charge in [-0.1, -0.05) is 18.2 Å². The Bertz CT molecular complexity index is 2320. The van der Waals surface area contributed by atoms with E-state index in [1.54, 1.807) is 18.5 Å². The molecule has 270 valence electrons. The van der Waals surface area contributed by atoms with Crippen LogP contribution in [0.4, 0.5) is 16.0 Å². The van der Waals surface area contributed by atoms with Gasteiger partial charge in [-0.15, -0.1) is 5.10 Å². The van der Waals surface area contributed by atoms with E-state index in [0.29, 0.717) is 19.4 Å². The molecule has 4 aromatic heterocycles. The minimum atomic E-state index is -0.444. The molecule has 3 saturated heterocycles. The molecule has 13 nitrogen and oxygen atoms in total. The van der Waals surface area contributed by atoms with Gasteiger partial charge in [-0.2, -0.15) is 0 Å². The lowest BCUT2D eigenvalue weighted by atomic mass is 10.0. The van der Waals surface area contributed by atoms with Gasteiger partial charge in [0.1, 0.15) is 41.5 Å². The molecule has 1 N–H and O–H groups in total. The molecule has 0 spiro atoms.